The van der Waals surface area contributed by atoms with E-state index in [1.165, 1.54) is 12.8 Å². The number of nitrogens with zero attached hydrogens (tertiary/aromatic N) is 2. The standard InChI is InChI=1S/C19H26N2O3/c22-18(12-15-5-7-19(8-6-15)23-10-11-24-19)21(14-16-3-4-16)17-2-1-9-20-13-17/h1-2,9,13,15-16H,3-8,10-12,14H2. The van der Waals surface area contributed by atoms with Gasteiger partial charge in [-0.25, -0.2) is 0 Å². The van der Waals surface area contributed by atoms with Crippen LogP contribution in [0, 0.1) is 11.8 Å². The normalized spacial score (nSPS) is 23.5. The molecule has 0 radical (unpaired) electrons. The van der Waals surface area contributed by atoms with E-state index in [1.807, 2.05) is 17.0 Å². The van der Waals surface area contributed by atoms with Crippen LogP contribution in [0.1, 0.15) is 44.9 Å². The summed E-state index contributed by atoms with van der Waals surface area (Å²) >= 11 is 0. The highest BCUT2D eigenvalue weighted by Gasteiger charge is 2.41. The van der Waals surface area contributed by atoms with E-state index in [1.54, 1.807) is 12.4 Å². The van der Waals surface area contributed by atoms with E-state index in [0.717, 1.165) is 37.9 Å². The first-order chi connectivity index (χ1) is 11.7. The molecule has 5 nitrogen and oxygen atoms in total. The molecule has 2 heterocycles. The minimum Gasteiger partial charge on any atom is -0.348 e. The Morgan fingerprint density at radius 3 is 2.54 bits per heavy atom. The van der Waals surface area contributed by atoms with Crippen molar-refractivity contribution in [2.75, 3.05) is 24.7 Å². The van der Waals surface area contributed by atoms with Gasteiger partial charge in [0.15, 0.2) is 5.79 Å². The molecule has 4 rings (SSSR count). The molecule has 2 saturated carbocycles. The molecular weight excluding hydrogens is 304 g/mol. The molecule has 2 aliphatic carbocycles. The van der Waals surface area contributed by atoms with E-state index in [4.69, 9.17) is 9.47 Å². The predicted octanol–water partition coefficient (Wildman–Crippen LogP) is 3.15. The molecule has 5 heteroatoms. The highest BCUT2D eigenvalue weighted by Crippen LogP contribution is 2.40. The summed E-state index contributed by atoms with van der Waals surface area (Å²) < 4.78 is 11.6. The lowest BCUT2D eigenvalue weighted by atomic mass is 9.83. The first kappa shape index (κ1) is 16.0. The number of carbonyl (C=O) groups is 1. The fourth-order valence-corrected chi connectivity index (χ4v) is 3.89. The van der Waals surface area contributed by atoms with Gasteiger partial charge in [0.1, 0.15) is 0 Å². The van der Waals surface area contributed by atoms with Crippen molar-refractivity contribution in [1.29, 1.82) is 0 Å². The van der Waals surface area contributed by atoms with Crippen molar-refractivity contribution in [2.45, 2.75) is 50.7 Å². The number of pyridine rings is 1. The molecule has 1 amide bonds. The van der Waals surface area contributed by atoms with Gasteiger partial charge in [0, 0.05) is 32.0 Å². The minimum absolute atomic E-state index is 0.240. The van der Waals surface area contributed by atoms with E-state index >= 15 is 0 Å². The Morgan fingerprint density at radius 1 is 1.17 bits per heavy atom. The van der Waals surface area contributed by atoms with Gasteiger partial charge >= 0.3 is 0 Å². The van der Waals surface area contributed by atoms with Crippen LogP contribution in [0.25, 0.3) is 0 Å². The van der Waals surface area contributed by atoms with E-state index in [0.29, 0.717) is 31.5 Å². The molecule has 1 aromatic rings. The van der Waals surface area contributed by atoms with Crippen LogP contribution in [-0.2, 0) is 14.3 Å². The predicted molar refractivity (Wildman–Crippen MR) is 90.5 cm³/mol. The van der Waals surface area contributed by atoms with Crippen molar-refractivity contribution < 1.29 is 14.3 Å². The van der Waals surface area contributed by atoms with Crippen LogP contribution in [0.2, 0.25) is 0 Å². The van der Waals surface area contributed by atoms with Gasteiger partial charge in [0.05, 0.1) is 25.1 Å². The number of rotatable bonds is 5. The molecule has 1 saturated heterocycles. The van der Waals surface area contributed by atoms with E-state index < -0.39 is 0 Å². The fourth-order valence-electron chi connectivity index (χ4n) is 3.89. The van der Waals surface area contributed by atoms with Gasteiger partial charge in [-0.1, -0.05) is 0 Å². The van der Waals surface area contributed by atoms with Crippen LogP contribution in [-0.4, -0.2) is 36.4 Å². The third-order valence-corrected chi connectivity index (χ3v) is 5.54. The molecule has 0 unspecified atom stereocenters. The van der Waals surface area contributed by atoms with Crippen molar-refractivity contribution in [3.8, 4) is 0 Å². The van der Waals surface area contributed by atoms with E-state index in [9.17, 15) is 4.79 Å². The van der Waals surface area contributed by atoms with Gasteiger partial charge < -0.3 is 14.4 Å². The Balaban J connectivity index is 1.36. The largest absolute Gasteiger partial charge is 0.348 e. The second kappa shape index (κ2) is 6.81. The number of hydrogen-bond donors (Lipinski definition) is 0. The van der Waals surface area contributed by atoms with Crippen LogP contribution < -0.4 is 4.90 Å². The second-order valence-corrected chi connectivity index (χ2v) is 7.41. The Bertz CT molecular complexity index is 557. The summed E-state index contributed by atoms with van der Waals surface area (Å²) in [5, 5.41) is 0. The van der Waals surface area contributed by atoms with Gasteiger partial charge in [-0.2, -0.15) is 0 Å². The molecule has 0 atom stereocenters. The zero-order valence-electron chi connectivity index (χ0n) is 14.2. The first-order valence-electron chi connectivity index (χ1n) is 9.22. The van der Waals surface area contributed by atoms with Crippen LogP contribution in [0.15, 0.2) is 24.5 Å². The number of hydrogen-bond acceptors (Lipinski definition) is 4. The zero-order chi connectivity index (χ0) is 16.4. The van der Waals surface area contributed by atoms with Crippen molar-refractivity contribution in [3.05, 3.63) is 24.5 Å². The number of amides is 1. The lowest BCUT2D eigenvalue weighted by Gasteiger charge is -2.35. The molecule has 0 bridgehead atoms. The quantitative estimate of drug-likeness (QED) is 0.832. The van der Waals surface area contributed by atoms with Crippen molar-refractivity contribution in [3.63, 3.8) is 0 Å². The molecule has 1 aromatic heterocycles. The summed E-state index contributed by atoms with van der Waals surface area (Å²) in [7, 11) is 0. The lowest BCUT2D eigenvalue weighted by molar-refractivity contribution is -0.183. The Labute approximate surface area is 143 Å². The lowest BCUT2D eigenvalue weighted by Crippen LogP contribution is -2.38. The van der Waals surface area contributed by atoms with Crippen LogP contribution in [0.5, 0.6) is 0 Å². The molecule has 24 heavy (non-hydrogen) atoms. The number of carbonyl (C=O) groups excluding carboxylic acids is 1. The SMILES string of the molecule is O=C(CC1CCC2(CC1)OCCO2)N(CC1CC1)c1cccnc1. The average molecular weight is 330 g/mol. The minimum atomic E-state index is -0.337. The van der Waals surface area contributed by atoms with Gasteiger partial charge in [-0.05, 0) is 49.7 Å². The van der Waals surface area contributed by atoms with E-state index in [2.05, 4.69) is 4.98 Å². The smallest absolute Gasteiger partial charge is 0.227 e. The molecule has 0 N–H and O–H groups in total. The Hall–Kier alpha value is -1.46. The second-order valence-electron chi connectivity index (χ2n) is 7.41. The van der Waals surface area contributed by atoms with Crippen molar-refractivity contribution in [1.82, 2.24) is 4.98 Å². The van der Waals surface area contributed by atoms with E-state index in [-0.39, 0.29) is 11.7 Å². The summed E-state index contributed by atoms with van der Waals surface area (Å²) in [6.45, 7) is 2.26. The summed E-state index contributed by atoms with van der Waals surface area (Å²) in [6.07, 6.45) is 10.5. The number of anilines is 1. The van der Waals surface area contributed by atoms with Crippen LogP contribution >= 0.6 is 0 Å². The molecule has 1 spiro atoms. The topological polar surface area (TPSA) is 51.7 Å². The Morgan fingerprint density at radius 2 is 1.92 bits per heavy atom. The van der Waals surface area contributed by atoms with Crippen molar-refractivity contribution in [2.24, 2.45) is 11.8 Å². The molecule has 0 aromatic carbocycles. The summed E-state index contributed by atoms with van der Waals surface area (Å²) in [5.74, 6) is 1.01. The fraction of sp³-hybridized carbons (Fsp3) is 0.684. The Kier molecular flexibility index (Phi) is 4.55. The third kappa shape index (κ3) is 3.62. The van der Waals surface area contributed by atoms with Crippen LogP contribution in [0.4, 0.5) is 5.69 Å². The van der Waals surface area contributed by atoms with Gasteiger partial charge in [-0.3, -0.25) is 9.78 Å². The zero-order valence-corrected chi connectivity index (χ0v) is 14.2. The maximum atomic E-state index is 12.9. The van der Waals surface area contributed by atoms with Gasteiger partial charge in [0.25, 0.3) is 0 Å². The first-order valence-corrected chi connectivity index (χ1v) is 9.22. The highest BCUT2D eigenvalue weighted by atomic mass is 16.7. The van der Waals surface area contributed by atoms with Crippen LogP contribution in [0.3, 0.4) is 0 Å². The number of aromatic nitrogens is 1. The maximum absolute atomic E-state index is 12.9. The molecular formula is C19H26N2O3. The number of ether oxygens (including phenoxy) is 2. The summed E-state index contributed by atoms with van der Waals surface area (Å²) in [4.78, 5) is 19.1. The maximum Gasteiger partial charge on any atom is 0.227 e. The monoisotopic (exact) mass is 330 g/mol. The van der Waals surface area contributed by atoms with Crippen molar-refractivity contribution >= 4 is 11.6 Å². The highest BCUT2D eigenvalue weighted by molar-refractivity contribution is 5.93. The summed E-state index contributed by atoms with van der Waals surface area (Å²) in [6, 6.07) is 3.89. The summed E-state index contributed by atoms with van der Waals surface area (Å²) in [5.41, 5.74) is 0.934. The molecule has 130 valence electrons. The van der Waals surface area contributed by atoms with Gasteiger partial charge in [-0.15, -0.1) is 0 Å². The molecule has 1 aliphatic heterocycles. The average Bonchev–Trinajstić information content (AvgIpc) is 3.33. The molecule has 3 aliphatic rings. The third-order valence-electron chi connectivity index (χ3n) is 5.54. The van der Waals surface area contributed by atoms with Gasteiger partial charge in [0.2, 0.25) is 5.91 Å². The molecule has 3 fully saturated rings.